The molecule has 2 aliphatic rings. The van der Waals surface area contributed by atoms with Crippen LogP contribution >= 0.6 is 11.6 Å². The zero-order chi connectivity index (χ0) is 31.8. The molecule has 13 heteroatoms. The quantitative estimate of drug-likeness (QED) is 0.288. The number of carboxylic acid groups (broad SMARTS) is 1. The summed E-state index contributed by atoms with van der Waals surface area (Å²) in [6.07, 6.45) is 1.59. The minimum Gasteiger partial charge on any atom is -0.493 e. The number of aromatic hydroxyl groups is 1. The van der Waals surface area contributed by atoms with Crippen LogP contribution in [0.4, 0.5) is 15.8 Å². The number of hydrogen-bond acceptors (Lipinski definition) is 7. The van der Waals surface area contributed by atoms with Gasteiger partial charge in [0, 0.05) is 44.1 Å². The number of nitrogens with zero attached hydrogens (tertiary/aromatic N) is 5. The van der Waals surface area contributed by atoms with Crippen molar-refractivity contribution in [2.45, 2.75) is 12.5 Å². The highest BCUT2D eigenvalue weighted by Gasteiger charge is 2.39. The summed E-state index contributed by atoms with van der Waals surface area (Å²) in [5, 5.41) is 27.0. The molecule has 232 valence electrons. The van der Waals surface area contributed by atoms with Crippen molar-refractivity contribution in [3.05, 3.63) is 100.0 Å². The second-order valence-corrected chi connectivity index (χ2v) is 11.4. The molecule has 11 nitrogen and oxygen atoms in total. The largest absolute Gasteiger partial charge is 0.493 e. The Morgan fingerprint density at radius 1 is 0.956 bits per heavy atom. The van der Waals surface area contributed by atoms with Gasteiger partial charge in [-0.05, 0) is 67.1 Å². The van der Waals surface area contributed by atoms with E-state index in [1.54, 1.807) is 0 Å². The maximum atomic E-state index is 14.8. The molecule has 3 N–H and O–H groups in total. The van der Waals surface area contributed by atoms with Gasteiger partial charge in [0.05, 0.1) is 16.8 Å². The molecule has 0 radical (unpaired) electrons. The average molecular weight is 633 g/mol. The number of aromatic nitrogens is 2. The molecule has 0 bridgehead atoms. The number of carbonyl (C=O) groups excluding carboxylic acids is 2. The molecule has 3 heterocycles. The first-order chi connectivity index (χ1) is 21.6. The smallest absolute Gasteiger partial charge is 0.335 e. The topological polar surface area (TPSA) is 131 Å². The van der Waals surface area contributed by atoms with Crippen LogP contribution in [0.5, 0.6) is 5.88 Å². The summed E-state index contributed by atoms with van der Waals surface area (Å²) in [5.41, 5.74) is 2.66. The van der Waals surface area contributed by atoms with Crippen molar-refractivity contribution in [1.82, 2.24) is 19.6 Å². The third-order valence-corrected chi connectivity index (χ3v) is 8.57. The number of carboxylic acids is 1. The van der Waals surface area contributed by atoms with Gasteiger partial charge in [-0.2, -0.15) is 9.78 Å². The number of halogens is 2. The molecule has 3 aromatic carbocycles. The van der Waals surface area contributed by atoms with Gasteiger partial charge < -0.3 is 30.2 Å². The van der Waals surface area contributed by atoms with Gasteiger partial charge in [-0.3, -0.25) is 9.59 Å². The van der Waals surface area contributed by atoms with Crippen molar-refractivity contribution in [1.29, 1.82) is 0 Å². The summed E-state index contributed by atoms with van der Waals surface area (Å²) in [7, 11) is 2.07. The van der Waals surface area contributed by atoms with Gasteiger partial charge in [0.1, 0.15) is 17.3 Å². The van der Waals surface area contributed by atoms with Crippen molar-refractivity contribution in [2.24, 2.45) is 0 Å². The number of rotatable bonds is 6. The molecule has 6 rings (SSSR count). The Balaban J connectivity index is 1.38. The molecule has 2 amide bonds. The molecule has 1 atom stereocenters. The SMILES string of the molecule is CN1CCN(c2cccc3c2CCN(C(=O)c2cnn(-c4cccc(Cl)c4F)c2O)C3C(=O)Nc2ccc(C(=O)O)cc2)CC1. The Kier molecular flexibility index (Phi) is 8.17. The highest BCUT2D eigenvalue weighted by molar-refractivity contribution is 6.30. The zero-order valence-electron chi connectivity index (χ0n) is 24.3. The third kappa shape index (κ3) is 5.69. The number of aromatic carboxylic acids is 1. The summed E-state index contributed by atoms with van der Waals surface area (Å²) in [6, 6.07) is 14.5. The Morgan fingerprint density at radius 3 is 2.36 bits per heavy atom. The van der Waals surface area contributed by atoms with E-state index in [4.69, 9.17) is 11.6 Å². The van der Waals surface area contributed by atoms with E-state index in [1.807, 2.05) is 18.2 Å². The maximum absolute atomic E-state index is 14.8. The van der Waals surface area contributed by atoms with E-state index in [0.29, 0.717) is 17.7 Å². The van der Waals surface area contributed by atoms with E-state index in [9.17, 15) is 29.0 Å². The molecule has 0 spiro atoms. The first-order valence-electron chi connectivity index (χ1n) is 14.4. The van der Waals surface area contributed by atoms with E-state index >= 15 is 0 Å². The number of fused-ring (bicyclic) bond motifs is 1. The third-order valence-electron chi connectivity index (χ3n) is 8.28. The summed E-state index contributed by atoms with van der Waals surface area (Å²) in [4.78, 5) is 45.3. The number of likely N-dealkylation sites (N-methyl/N-ethyl adjacent to an activating group) is 1. The number of piperazine rings is 1. The van der Waals surface area contributed by atoms with E-state index in [2.05, 4.69) is 27.3 Å². The fourth-order valence-corrected chi connectivity index (χ4v) is 6.05. The molecule has 0 saturated carbocycles. The first kappa shape index (κ1) is 30.1. The number of carbonyl (C=O) groups is 3. The monoisotopic (exact) mass is 632 g/mol. The Bertz CT molecular complexity index is 1790. The number of amides is 2. The van der Waals surface area contributed by atoms with Gasteiger partial charge in [0.2, 0.25) is 5.88 Å². The number of benzene rings is 3. The van der Waals surface area contributed by atoms with Crippen molar-refractivity contribution in [2.75, 3.05) is 50.0 Å². The second kappa shape index (κ2) is 12.2. The molecule has 1 saturated heterocycles. The van der Waals surface area contributed by atoms with Gasteiger partial charge in [0.15, 0.2) is 5.82 Å². The van der Waals surface area contributed by atoms with Gasteiger partial charge >= 0.3 is 5.97 Å². The second-order valence-electron chi connectivity index (χ2n) is 11.0. The lowest BCUT2D eigenvalue weighted by molar-refractivity contribution is -0.121. The number of hydrogen-bond donors (Lipinski definition) is 3. The van der Waals surface area contributed by atoms with E-state index in [1.165, 1.54) is 47.4 Å². The molecule has 2 aliphatic heterocycles. The van der Waals surface area contributed by atoms with Crippen molar-refractivity contribution in [3.8, 4) is 11.6 Å². The highest BCUT2D eigenvalue weighted by atomic mass is 35.5. The zero-order valence-corrected chi connectivity index (χ0v) is 25.0. The van der Waals surface area contributed by atoms with E-state index < -0.39 is 35.5 Å². The average Bonchev–Trinajstić information content (AvgIpc) is 3.42. The van der Waals surface area contributed by atoms with Crippen LogP contribution in [-0.2, 0) is 11.2 Å². The van der Waals surface area contributed by atoms with Crippen LogP contribution in [-0.4, -0.2) is 87.3 Å². The Hall–Kier alpha value is -4.94. The fraction of sp³-hybridized carbons (Fsp3) is 0.250. The lowest BCUT2D eigenvalue weighted by Gasteiger charge is -2.40. The normalized spacial score (nSPS) is 16.7. The summed E-state index contributed by atoms with van der Waals surface area (Å²) in [6.45, 7) is 3.57. The Labute approximate surface area is 263 Å². The van der Waals surface area contributed by atoms with Gasteiger partial charge in [-0.15, -0.1) is 0 Å². The summed E-state index contributed by atoms with van der Waals surface area (Å²) in [5.74, 6) is -3.69. The first-order valence-corrected chi connectivity index (χ1v) is 14.7. The highest BCUT2D eigenvalue weighted by Crippen LogP contribution is 2.38. The van der Waals surface area contributed by atoms with Crippen LogP contribution in [0.2, 0.25) is 5.02 Å². The number of anilines is 2. The Morgan fingerprint density at radius 2 is 1.64 bits per heavy atom. The molecular weight excluding hydrogens is 603 g/mol. The van der Waals surface area contributed by atoms with Crippen LogP contribution in [0.1, 0.15) is 37.9 Å². The maximum Gasteiger partial charge on any atom is 0.335 e. The molecule has 1 unspecified atom stereocenters. The molecular formula is C32H30ClFN6O5. The summed E-state index contributed by atoms with van der Waals surface area (Å²) < 4.78 is 15.6. The van der Waals surface area contributed by atoms with Gasteiger partial charge in [0.25, 0.3) is 11.8 Å². The van der Waals surface area contributed by atoms with Gasteiger partial charge in [-0.25, -0.2) is 9.18 Å². The van der Waals surface area contributed by atoms with Crippen LogP contribution in [0.25, 0.3) is 5.69 Å². The fourth-order valence-electron chi connectivity index (χ4n) is 5.88. The van der Waals surface area contributed by atoms with Crippen molar-refractivity contribution >= 4 is 40.8 Å². The molecule has 45 heavy (non-hydrogen) atoms. The number of nitrogens with one attached hydrogen (secondary N) is 1. The molecule has 4 aromatic rings. The molecule has 1 fully saturated rings. The van der Waals surface area contributed by atoms with Crippen molar-refractivity contribution in [3.63, 3.8) is 0 Å². The summed E-state index contributed by atoms with van der Waals surface area (Å²) >= 11 is 5.92. The minimum atomic E-state index is -1.10. The van der Waals surface area contributed by atoms with Crippen LogP contribution in [0, 0.1) is 5.82 Å². The van der Waals surface area contributed by atoms with Crippen LogP contribution < -0.4 is 10.2 Å². The van der Waals surface area contributed by atoms with E-state index in [0.717, 1.165) is 48.3 Å². The predicted octanol–water partition coefficient (Wildman–Crippen LogP) is 4.20. The van der Waals surface area contributed by atoms with Crippen molar-refractivity contribution < 1.29 is 29.0 Å². The van der Waals surface area contributed by atoms with Gasteiger partial charge in [-0.1, -0.05) is 29.8 Å². The minimum absolute atomic E-state index is 0.0632. The van der Waals surface area contributed by atoms with Crippen LogP contribution in [0.15, 0.2) is 66.9 Å². The lowest BCUT2D eigenvalue weighted by Crippen LogP contribution is -2.47. The van der Waals surface area contributed by atoms with Crippen LogP contribution in [0.3, 0.4) is 0 Å². The standard InChI is InChI=1S/C32H30ClFN6O5/c1-37-14-16-38(17-15-37)25-6-2-4-22-21(25)12-13-39(28(22)29(41)36-20-10-8-19(9-11-20)32(44)45)30(42)23-18-35-40(31(23)43)26-7-3-5-24(33)27(26)34/h2-11,18,28,43H,12-17H2,1H3,(H,36,41)(H,44,45). The molecule has 1 aromatic heterocycles. The van der Waals surface area contributed by atoms with E-state index in [-0.39, 0.29) is 28.4 Å². The molecule has 0 aliphatic carbocycles. The lowest BCUT2D eigenvalue weighted by atomic mass is 9.89. The predicted molar refractivity (Wildman–Crippen MR) is 166 cm³/mol.